The molecule has 2 amide bonds. The van der Waals surface area contributed by atoms with Gasteiger partial charge < -0.3 is 20.1 Å². The van der Waals surface area contributed by atoms with Gasteiger partial charge in [-0.3, -0.25) is 0 Å². The quantitative estimate of drug-likeness (QED) is 0.856. The van der Waals surface area contributed by atoms with Gasteiger partial charge in [-0.25, -0.2) is 4.79 Å². The van der Waals surface area contributed by atoms with E-state index >= 15 is 0 Å². The maximum atomic E-state index is 11.9. The van der Waals surface area contributed by atoms with Gasteiger partial charge in [-0.05, 0) is 52.2 Å². The Bertz CT molecular complexity index is 706. The molecule has 5 nitrogen and oxygen atoms in total. The Morgan fingerprint density at radius 3 is 2.70 bits per heavy atom. The zero-order valence-corrected chi connectivity index (χ0v) is 14.1. The summed E-state index contributed by atoms with van der Waals surface area (Å²) in [5, 5.41) is 5.65. The van der Waals surface area contributed by atoms with E-state index in [0.717, 1.165) is 33.6 Å². The van der Waals surface area contributed by atoms with Crippen LogP contribution in [0.15, 0.2) is 46.9 Å². The molecule has 0 fully saturated rings. The lowest BCUT2D eigenvalue weighted by atomic mass is 10.1. The summed E-state index contributed by atoms with van der Waals surface area (Å²) >= 11 is 3.40. The fraction of sp³-hybridized carbons (Fsp3) is 0.235. The molecule has 23 heavy (non-hydrogen) atoms. The average Bonchev–Trinajstić information content (AvgIpc) is 2.57. The summed E-state index contributed by atoms with van der Waals surface area (Å²) in [7, 11) is 0. The molecule has 0 saturated carbocycles. The fourth-order valence-corrected chi connectivity index (χ4v) is 2.68. The molecule has 0 spiro atoms. The summed E-state index contributed by atoms with van der Waals surface area (Å²) < 4.78 is 11.9. The highest BCUT2D eigenvalue weighted by atomic mass is 79.9. The predicted octanol–water partition coefficient (Wildman–Crippen LogP) is 3.58. The molecule has 2 aromatic rings. The minimum atomic E-state index is -0.227. The van der Waals surface area contributed by atoms with Crippen LogP contribution in [0.4, 0.5) is 10.5 Å². The number of carbonyl (C=O) groups is 1. The van der Waals surface area contributed by atoms with Crippen LogP contribution in [-0.2, 0) is 6.42 Å². The van der Waals surface area contributed by atoms with Crippen molar-refractivity contribution in [3.05, 3.63) is 52.5 Å². The molecule has 0 saturated heterocycles. The molecule has 6 heteroatoms. The predicted molar refractivity (Wildman–Crippen MR) is 92.3 cm³/mol. The molecule has 0 aliphatic carbocycles. The van der Waals surface area contributed by atoms with Gasteiger partial charge in [0.2, 0.25) is 0 Å². The van der Waals surface area contributed by atoms with E-state index in [4.69, 9.17) is 9.47 Å². The Morgan fingerprint density at radius 1 is 1.09 bits per heavy atom. The lowest BCUT2D eigenvalue weighted by molar-refractivity contribution is 0.171. The van der Waals surface area contributed by atoms with E-state index in [-0.39, 0.29) is 6.03 Å². The third-order valence-corrected chi connectivity index (χ3v) is 4.12. The third kappa shape index (κ3) is 4.16. The van der Waals surface area contributed by atoms with Crippen molar-refractivity contribution in [2.75, 3.05) is 25.1 Å². The number of halogens is 1. The number of nitrogens with one attached hydrogen (secondary N) is 2. The molecule has 0 aromatic heterocycles. The van der Waals surface area contributed by atoms with Crippen LogP contribution >= 0.6 is 15.9 Å². The molecule has 0 unspecified atom stereocenters. The summed E-state index contributed by atoms with van der Waals surface area (Å²) in [6.07, 6.45) is 0.722. The van der Waals surface area contributed by atoms with Gasteiger partial charge in [-0.1, -0.05) is 18.2 Å². The van der Waals surface area contributed by atoms with Crippen LogP contribution in [0, 0.1) is 0 Å². The van der Waals surface area contributed by atoms with Gasteiger partial charge in [0.1, 0.15) is 13.2 Å². The fourth-order valence-electron chi connectivity index (χ4n) is 2.29. The topological polar surface area (TPSA) is 59.6 Å². The van der Waals surface area contributed by atoms with Crippen LogP contribution in [0.2, 0.25) is 0 Å². The first kappa shape index (κ1) is 15.7. The van der Waals surface area contributed by atoms with Crippen molar-refractivity contribution in [2.24, 2.45) is 0 Å². The summed E-state index contributed by atoms with van der Waals surface area (Å²) in [5.41, 5.74) is 1.83. The second kappa shape index (κ2) is 7.37. The Labute approximate surface area is 143 Å². The number of anilines is 1. The Kier molecular flexibility index (Phi) is 5.02. The van der Waals surface area contributed by atoms with Crippen LogP contribution in [0.3, 0.4) is 0 Å². The number of hydrogen-bond acceptors (Lipinski definition) is 3. The van der Waals surface area contributed by atoms with Crippen LogP contribution < -0.4 is 20.1 Å². The summed E-state index contributed by atoms with van der Waals surface area (Å²) in [6, 6.07) is 13.1. The van der Waals surface area contributed by atoms with E-state index in [9.17, 15) is 4.79 Å². The highest BCUT2D eigenvalue weighted by Gasteiger charge is 2.11. The monoisotopic (exact) mass is 376 g/mol. The van der Waals surface area contributed by atoms with Crippen LogP contribution in [0.25, 0.3) is 0 Å². The normalized spacial score (nSPS) is 12.6. The zero-order valence-electron chi connectivity index (χ0n) is 12.5. The molecule has 1 aliphatic rings. The Morgan fingerprint density at radius 2 is 1.87 bits per heavy atom. The highest BCUT2D eigenvalue weighted by Crippen LogP contribution is 2.30. The van der Waals surface area contributed by atoms with E-state index in [1.54, 1.807) is 0 Å². The second-order valence-electron chi connectivity index (χ2n) is 5.09. The first-order valence-corrected chi connectivity index (χ1v) is 8.19. The smallest absolute Gasteiger partial charge is 0.319 e. The van der Waals surface area contributed by atoms with Crippen LogP contribution in [-0.4, -0.2) is 25.8 Å². The number of hydrogen-bond donors (Lipinski definition) is 2. The lowest BCUT2D eigenvalue weighted by Crippen LogP contribution is -2.30. The van der Waals surface area contributed by atoms with Gasteiger partial charge in [0, 0.05) is 11.0 Å². The first-order valence-electron chi connectivity index (χ1n) is 7.40. The largest absolute Gasteiger partial charge is 0.486 e. The van der Waals surface area contributed by atoms with Gasteiger partial charge in [0.05, 0.1) is 5.69 Å². The molecule has 120 valence electrons. The second-order valence-corrected chi connectivity index (χ2v) is 5.94. The standard InChI is InChI=1S/C17H17BrN2O3/c18-13-3-1-2-4-14(13)20-17(21)19-8-7-12-5-6-15-16(11-12)23-10-9-22-15/h1-6,11H,7-10H2,(H2,19,20,21). The average molecular weight is 377 g/mol. The zero-order chi connectivity index (χ0) is 16.1. The maximum Gasteiger partial charge on any atom is 0.319 e. The van der Waals surface area contributed by atoms with E-state index in [2.05, 4.69) is 26.6 Å². The van der Waals surface area contributed by atoms with Crippen molar-refractivity contribution in [3.8, 4) is 11.5 Å². The molecule has 0 bridgehead atoms. The molecule has 1 heterocycles. The number of benzene rings is 2. The van der Waals surface area contributed by atoms with E-state index < -0.39 is 0 Å². The number of fused-ring (bicyclic) bond motifs is 1. The number of amides is 2. The minimum absolute atomic E-state index is 0.227. The number of urea groups is 1. The number of para-hydroxylation sites is 1. The van der Waals surface area contributed by atoms with Crippen molar-refractivity contribution in [3.63, 3.8) is 0 Å². The number of ether oxygens (including phenoxy) is 2. The first-order chi connectivity index (χ1) is 11.2. The van der Waals surface area contributed by atoms with Crippen molar-refractivity contribution in [1.82, 2.24) is 5.32 Å². The molecular formula is C17H17BrN2O3. The van der Waals surface area contributed by atoms with Gasteiger partial charge >= 0.3 is 6.03 Å². The van der Waals surface area contributed by atoms with Crippen molar-refractivity contribution < 1.29 is 14.3 Å². The minimum Gasteiger partial charge on any atom is -0.486 e. The lowest BCUT2D eigenvalue weighted by Gasteiger charge is -2.18. The van der Waals surface area contributed by atoms with E-state index in [1.807, 2.05) is 42.5 Å². The molecular weight excluding hydrogens is 360 g/mol. The van der Waals surface area contributed by atoms with Gasteiger partial charge in [0.25, 0.3) is 0 Å². The molecule has 2 N–H and O–H groups in total. The molecule has 2 aromatic carbocycles. The van der Waals surface area contributed by atoms with Crippen LogP contribution in [0.5, 0.6) is 11.5 Å². The molecule has 0 radical (unpaired) electrons. The Balaban J connectivity index is 1.49. The Hall–Kier alpha value is -2.21. The van der Waals surface area contributed by atoms with Crippen molar-refractivity contribution in [2.45, 2.75) is 6.42 Å². The molecule has 0 atom stereocenters. The summed E-state index contributed by atoms with van der Waals surface area (Å²) in [6.45, 7) is 1.70. The van der Waals surface area contributed by atoms with Crippen LogP contribution in [0.1, 0.15) is 5.56 Å². The highest BCUT2D eigenvalue weighted by molar-refractivity contribution is 9.10. The van der Waals surface area contributed by atoms with Gasteiger partial charge in [-0.15, -0.1) is 0 Å². The SMILES string of the molecule is O=C(NCCc1ccc2c(c1)OCCO2)Nc1ccccc1Br. The molecule has 1 aliphatic heterocycles. The molecule has 3 rings (SSSR count). The summed E-state index contributed by atoms with van der Waals surface area (Å²) in [5.74, 6) is 1.55. The summed E-state index contributed by atoms with van der Waals surface area (Å²) in [4.78, 5) is 11.9. The third-order valence-electron chi connectivity index (χ3n) is 3.43. The van der Waals surface area contributed by atoms with E-state index in [0.29, 0.717) is 19.8 Å². The number of carbonyl (C=O) groups excluding carboxylic acids is 1. The van der Waals surface area contributed by atoms with Crippen molar-refractivity contribution in [1.29, 1.82) is 0 Å². The van der Waals surface area contributed by atoms with Crippen molar-refractivity contribution >= 4 is 27.6 Å². The number of rotatable bonds is 4. The van der Waals surface area contributed by atoms with Gasteiger partial charge in [0.15, 0.2) is 11.5 Å². The van der Waals surface area contributed by atoms with E-state index in [1.165, 1.54) is 0 Å². The van der Waals surface area contributed by atoms with Gasteiger partial charge in [-0.2, -0.15) is 0 Å². The maximum absolute atomic E-state index is 11.9.